The van der Waals surface area contributed by atoms with Crippen LogP contribution in [0.1, 0.15) is 51.4 Å². The Kier molecular flexibility index (Phi) is 5.46. The summed E-state index contributed by atoms with van der Waals surface area (Å²) in [6.45, 7) is 3.57. The summed E-state index contributed by atoms with van der Waals surface area (Å²) < 4.78 is 37.9. The maximum Gasteiger partial charge on any atom is 0.407 e. The first kappa shape index (κ1) is 20.8. The van der Waals surface area contributed by atoms with Gasteiger partial charge in [0, 0.05) is 31.7 Å². The van der Waals surface area contributed by atoms with Crippen LogP contribution < -0.4 is 0 Å². The number of alkyl halides is 3. The molecule has 4 fully saturated rings. The topological polar surface area (TPSA) is 64.1 Å². The van der Waals surface area contributed by atoms with Crippen LogP contribution in [0.5, 0.6) is 0 Å². The smallest absolute Gasteiger partial charge is 0.407 e. The minimum absolute atomic E-state index is 0.0429. The molecule has 3 heterocycles. The number of hydrogen-bond donors (Lipinski definition) is 1. The molecule has 3 saturated heterocycles. The van der Waals surface area contributed by atoms with Crippen LogP contribution in [0, 0.1) is 11.3 Å². The summed E-state index contributed by atoms with van der Waals surface area (Å²) in [5, 5.41) is 9.16. The number of nitrogens with zero attached hydrogens (tertiary/aromatic N) is 3. The van der Waals surface area contributed by atoms with Crippen molar-refractivity contribution in [3.8, 4) is 0 Å². The number of carboxylic acid groups (broad SMARTS) is 1. The quantitative estimate of drug-likeness (QED) is 0.766. The molecule has 3 aliphatic heterocycles. The lowest BCUT2D eigenvalue weighted by Gasteiger charge is -2.52. The van der Waals surface area contributed by atoms with E-state index in [9.17, 15) is 22.8 Å². The zero-order valence-corrected chi connectivity index (χ0v) is 16.7. The third kappa shape index (κ3) is 4.34. The van der Waals surface area contributed by atoms with Gasteiger partial charge in [-0.05, 0) is 69.4 Å². The normalized spacial score (nSPS) is 34.0. The molecular formula is C20H30F3N3O3. The van der Waals surface area contributed by atoms with E-state index in [1.165, 1.54) is 9.80 Å². The largest absolute Gasteiger partial charge is 0.465 e. The van der Waals surface area contributed by atoms with Crippen LogP contribution in [0.25, 0.3) is 0 Å². The van der Waals surface area contributed by atoms with Crippen molar-refractivity contribution in [1.82, 2.24) is 14.7 Å². The summed E-state index contributed by atoms with van der Waals surface area (Å²) in [5.74, 6) is -0.485. The Morgan fingerprint density at radius 2 is 1.72 bits per heavy atom. The fraction of sp³-hybridized carbons (Fsp3) is 0.900. The lowest BCUT2D eigenvalue weighted by molar-refractivity contribution is -0.162. The average molecular weight is 417 g/mol. The second-order valence-corrected chi connectivity index (χ2v) is 9.48. The van der Waals surface area contributed by atoms with Gasteiger partial charge in [0.2, 0.25) is 5.91 Å². The predicted octanol–water partition coefficient (Wildman–Crippen LogP) is 3.17. The zero-order valence-electron chi connectivity index (χ0n) is 16.7. The maximum atomic E-state index is 12.6. The van der Waals surface area contributed by atoms with Gasteiger partial charge < -0.3 is 19.8 Å². The Balaban J connectivity index is 1.25. The second-order valence-electron chi connectivity index (χ2n) is 9.48. The molecule has 1 saturated carbocycles. The number of rotatable bonds is 3. The van der Waals surface area contributed by atoms with E-state index in [0.717, 1.165) is 58.0 Å². The molecule has 0 aromatic carbocycles. The molecule has 4 rings (SSSR count). The van der Waals surface area contributed by atoms with Crippen molar-refractivity contribution < 1.29 is 27.9 Å². The molecule has 6 nitrogen and oxygen atoms in total. The Morgan fingerprint density at radius 3 is 2.31 bits per heavy atom. The van der Waals surface area contributed by atoms with E-state index >= 15 is 0 Å². The van der Waals surface area contributed by atoms with E-state index in [1.54, 1.807) is 0 Å². The number of halogens is 3. The fourth-order valence-corrected chi connectivity index (χ4v) is 6.16. The summed E-state index contributed by atoms with van der Waals surface area (Å²) in [6, 6.07) is 0.454. The van der Waals surface area contributed by atoms with Crippen molar-refractivity contribution in [1.29, 1.82) is 0 Å². The molecule has 164 valence electrons. The predicted molar refractivity (Wildman–Crippen MR) is 99.4 cm³/mol. The van der Waals surface area contributed by atoms with Gasteiger partial charge >= 0.3 is 12.3 Å². The number of piperidine rings is 1. The first-order chi connectivity index (χ1) is 13.7. The van der Waals surface area contributed by atoms with Crippen LogP contribution in [0.15, 0.2) is 0 Å². The molecule has 29 heavy (non-hydrogen) atoms. The highest BCUT2D eigenvalue weighted by molar-refractivity contribution is 5.77. The number of carbonyl (C=O) groups excluding carboxylic acids is 1. The molecule has 1 atom stereocenters. The van der Waals surface area contributed by atoms with Gasteiger partial charge in [0.25, 0.3) is 0 Å². The Bertz CT molecular complexity index is 643. The monoisotopic (exact) mass is 417 g/mol. The summed E-state index contributed by atoms with van der Waals surface area (Å²) in [4.78, 5) is 28.7. The SMILES string of the molecule is O=C(O)N1CCC2(CC(N3CCC(C4CCCN4C(=O)CC(F)(F)F)CC3)C2)C1. The minimum atomic E-state index is -4.44. The molecule has 9 heteroatoms. The molecule has 1 spiro atoms. The molecular weight excluding hydrogens is 387 g/mol. The van der Waals surface area contributed by atoms with E-state index in [4.69, 9.17) is 5.11 Å². The number of amides is 2. The third-order valence-electron chi connectivity index (χ3n) is 7.65. The molecule has 0 bridgehead atoms. The van der Waals surface area contributed by atoms with Crippen LogP contribution in [-0.2, 0) is 4.79 Å². The molecule has 1 aliphatic carbocycles. The molecule has 1 N–H and O–H groups in total. The van der Waals surface area contributed by atoms with Crippen LogP contribution in [0.2, 0.25) is 0 Å². The van der Waals surface area contributed by atoms with E-state index in [0.29, 0.717) is 25.7 Å². The number of hydrogen-bond acceptors (Lipinski definition) is 3. The molecule has 0 aromatic heterocycles. The summed E-state index contributed by atoms with van der Waals surface area (Å²) in [7, 11) is 0. The van der Waals surface area contributed by atoms with E-state index < -0.39 is 24.6 Å². The van der Waals surface area contributed by atoms with Gasteiger partial charge in [-0.15, -0.1) is 0 Å². The standard InChI is InChI=1S/C20H30F3N3O3/c21-20(22,23)12-17(27)26-6-1-2-16(26)14-3-7-24(8-4-14)15-10-19(11-15)5-9-25(13-19)18(28)29/h14-16H,1-13H2,(H,28,29). The fourth-order valence-electron chi connectivity index (χ4n) is 6.16. The average Bonchev–Trinajstić information content (AvgIpc) is 3.27. The van der Waals surface area contributed by atoms with Gasteiger partial charge in [-0.25, -0.2) is 4.79 Å². The van der Waals surface area contributed by atoms with Crippen molar-refractivity contribution in [2.24, 2.45) is 11.3 Å². The highest BCUT2D eigenvalue weighted by Crippen LogP contribution is 2.50. The summed E-state index contributed by atoms with van der Waals surface area (Å²) in [6.07, 6.45) is -0.133. The first-order valence-electron chi connectivity index (χ1n) is 10.7. The van der Waals surface area contributed by atoms with Crippen LogP contribution in [0.3, 0.4) is 0 Å². The van der Waals surface area contributed by atoms with Gasteiger partial charge in [0.15, 0.2) is 0 Å². The van der Waals surface area contributed by atoms with E-state index in [-0.39, 0.29) is 17.4 Å². The summed E-state index contributed by atoms with van der Waals surface area (Å²) in [5.41, 5.74) is 0.159. The van der Waals surface area contributed by atoms with Gasteiger partial charge in [-0.3, -0.25) is 4.79 Å². The maximum absolute atomic E-state index is 12.6. The molecule has 4 aliphatic rings. The third-order valence-corrected chi connectivity index (χ3v) is 7.65. The molecule has 1 unspecified atom stereocenters. The van der Waals surface area contributed by atoms with Crippen molar-refractivity contribution in [2.45, 2.75) is 69.6 Å². The number of carbonyl (C=O) groups is 2. The Morgan fingerprint density at radius 1 is 1.03 bits per heavy atom. The molecule has 2 amide bonds. The van der Waals surface area contributed by atoms with E-state index in [1.807, 2.05) is 0 Å². The van der Waals surface area contributed by atoms with Gasteiger partial charge in [-0.1, -0.05) is 0 Å². The first-order valence-corrected chi connectivity index (χ1v) is 10.7. The van der Waals surface area contributed by atoms with Crippen LogP contribution in [-0.4, -0.2) is 82.8 Å². The lowest BCUT2D eigenvalue weighted by atomic mass is 9.64. The van der Waals surface area contributed by atoms with Gasteiger partial charge in [-0.2, -0.15) is 13.2 Å². The minimum Gasteiger partial charge on any atom is -0.465 e. The molecule has 0 aromatic rings. The zero-order chi connectivity index (χ0) is 20.8. The molecule has 0 radical (unpaired) electrons. The summed E-state index contributed by atoms with van der Waals surface area (Å²) >= 11 is 0. The van der Waals surface area contributed by atoms with Crippen molar-refractivity contribution >= 4 is 12.0 Å². The van der Waals surface area contributed by atoms with Gasteiger partial charge in [0.05, 0.1) is 0 Å². The lowest BCUT2D eigenvalue weighted by Crippen LogP contribution is -2.55. The highest BCUT2D eigenvalue weighted by Gasteiger charge is 2.51. The highest BCUT2D eigenvalue weighted by atomic mass is 19.4. The van der Waals surface area contributed by atoms with Crippen molar-refractivity contribution in [3.63, 3.8) is 0 Å². The van der Waals surface area contributed by atoms with Crippen molar-refractivity contribution in [3.05, 3.63) is 0 Å². The van der Waals surface area contributed by atoms with Crippen LogP contribution >= 0.6 is 0 Å². The van der Waals surface area contributed by atoms with E-state index in [2.05, 4.69) is 4.90 Å². The van der Waals surface area contributed by atoms with Crippen molar-refractivity contribution in [2.75, 3.05) is 32.7 Å². The Hall–Kier alpha value is -1.51. The second kappa shape index (κ2) is 7.63. The number of likely N-dealkylation sites (tertiary alicyclic amines) is 3. The van der Waals surface area contributed by atoms with Crippen LogP contribution in [0.4, 0.5) is 18.0 Å². The van der Waals surface area contributed by atoms with Gasteiger partial charge in [0.1, 0.15) is 6.42 Å². The Labute approximate surface area is 169 Å².